The summed E-state index contributed by atoms with van der Waals surface area (Å²) in [7, 11) is 1.27. The highest BCUT2D eigenvalue weighted by molar-refractivity contribution is 9.10. The van der Waals surface area contributed by atoms with E-state index in [-0.39, 0.29) is 12.2 Å². The van der Waals surface area contributed by atoms with Crippen molar-refractivity contribution in [2.24, 2.45) is 5.10 Å². The standard InChI is InChI=1S/C27H31BrN4O7/c1-5-11-38-20-10-8-19(28)12-18(20)14-29-32-23(33)15-39-21-9-7-17(13-22(21)37-6-2)25-24(26(34)36-4)16(3)30-27(35)31-25/h5,7-10,12-14,23,25,32-33H,1,6,11,15H2,2-4H3,(H2,30,31,35)/b29-14+/t23-,25-/m0/s1. The van der Waals surface area contributed by atoms with Crippen LogP contribution < -0.4 is 30.3 Å². The van der Waals surface area contributed by atoms with Gasteiger partial charge in [0.1, 0.15) is 19.0 Å². The largest absolute Gasteiger partial charge is 0.490 e. The minimum Gasteiger partial charge on any atom is -0.490 e. The predicted octanol–water partition coefficient (Wildman–Crippen LogP) is 3.53. The van der Waals surface area contributed by atoms with Gasteiger partial charge in [0.25, 0.3) is 0 Å². The van der Waals surface area contributed by atoms with Gasteiger partial charge in [0.05, 0.1) is 31.5 Å². The number of urea groups is 1. The van der Waals surface area contributed by atoms with Crippen LogP contribution in [0.25, 0.3) is 0 Å². The number of nitrogens with zero attached hydrogens (tertiary/aromatic N) is 1. The van der Waals surface area contributed by atoms with E-state index in [0.29, 0.717) is 47.3 Å². The fraction of sp³-hybridized carbons (Fsp3) is 0.296. The zero-order valence-electron chi connectivity index (χ0n) is 21.8. The van der Waals surface area contributed by atoms with Crippen LogP contribution in [0.5, 0.6) is 17.2 Å². The van der Waals surface area contributed by atoms with E-state index in [4.69, 9.17) is 18.9 Å². The molecule has 2 atom stereocenters. The van der Waals surface area contributed by atoms with Crippen molar-refractivity contribution in [3.63, 3.8) is 0 Å². The van der Waals surface area contributed by atoms with Gasteiger partial charge in [-0.3, -0.25) is 5.43 Å². The Morgan fingerprint density at radius 1 is 1.21 bits per heavy atom. The number of carbonyl (C=O) groups is 2. The van der Waals surface area contributed by atoms with Crippen LogP contribution in [0.1, 0.15) is 31.0 Å². The number of nitrogens with one attached hydrogen (secondary N) is 3. The molecule has 2 amide bonds. The number of amides is 2. The van der Waals surface area contributed by atoms with Crippen LogP contribution in [0, 0.1) is 0 Å². The smallest absolute Gasteiger partial charge is 0.337 e. The summed E-state index contributed by atoms with van der Waals surface area (Å²) in [5.74, 6) is 0.776. The van der Waals surface area contributed by atoms with Gasteiger partial charge in [-0.15, -0.1) is 0 Å². The number of ether oxygens (including phenoxy) is 4. The number of carbonyl (C=O) groups excluding carboxylic acids is 2. The Bertz CT molecular complexity index is 1260. The maximum Gasteiger partial charge on any atom is 0.337 e. The summed E-state index contributed by atoms with van der Waals surface area (Å²) in [5, 5.41) is 19.8. The molecule has 0 unspecified atom stereocenters. The Morgan fingerprint density at radius 3 is 2.69 bits per heavy atom. The molecule has 11 nitrogen and oxygen atoms in total. The Labute approximate surface area is 235 Å². The van der Waals surface area contributed by atoms with Crippen molar-refractivity contribution >= 4 is 34.1 Å². The Hall–Kier alpha value is -4.03. The monoisotopic (exact) mass is 602 g/mol. The third-order valence-corrected chi connectivity index (χ3v) is 5.92. The molecule has 0 aromatic heterocycles. The molecule has 0 spiro atoms. The van der Waals surface area contributed by atoms with Crippen LogP contribution >= 0.6 is 15.9 Å². The highest BCUT2D eigenvalue weighted by atomic mass is 79.9. The minimum atomic E-state index is -1.14. The molecule has 2 aromatic carbocycles. The predicted molar refractivity (Wildman–Crippen MR) is 149 cm³/mol. The van der Waals surface area contributed by atoms with E-state index < -0.39 is 24.3 Å². The third kappa shape index (κ3) is 7.98. The third-order valence-electron chi connectivity index (χ3n) is 5.43. The van der Waals surface area contributed by atoms with Gasteiger partial charge in [0, 0.05) is 15.7 Å². The van der Waals surface area contributed by atoms with Crippen molar-refractivity contribution in [3.05, 3.63) is 75.9 Å². The SMILES string of the molecule is C=CCOc1ccc(Br)cc1/C=N/N[C@@H](O)COc1ccc([C@@H]2NC(=O)NC(C)=C2C(=O)OC)cc1OCC. The van der Waals surface area contributed by atoms with Crippen LogP contribution in [-0.2, 0) is 9.53 Å². The quantitative estimate of drug-likeness (QED) is 0.0897. The summed E-state index contributed by atoms with van der Waals surface area (Å²) in [6.45, 7) is 7.62. The van der Waals surface area contributed by atoms with Gasteiger partial charge in [-0.05, 0) is 49.7 Å². The first kappa shape index (κ1) is 29.5. The number of hydrazone groups is 1. The van der Waals surface area contributed by atoms with Crippen molar-refractivity contribution in [1.82, 2.24) is 16.1 Å². The molecule has 1 heterocycles. The summed E-state index contributed by atoms with van der Waals surface area (Å²) in [6.07, 6.45) is 2.03. The average Bonchev–Trinajstić information content (AvgIpc) is 2.91. The molecular weight excluding hydrogens is 572 g/mol. The van der Waals surface area contributed by atoms with Gasteiger partial charge >= 0.3 is 12.0 Å². The average molecular weight is 603 g/mol. The maximum absolute atomic E-state index is 12.4. The van der Waals surface area contributed by atoms with Gasteiger partial charge in [-0.25, -0.2) is 9.59 Å². The number of halogens is 1. The number of aliphatic hydroxyl groups excluding tert-OH is 1. The Balaban J connectivity index is 1.70. The fourth-order valence-electron chi connectivity index (χ4n) is 3.72. The van der Waals surface area contributed by atoms with Crippen molar-refractivity contribution in [3.8, 4) is 17.2 Å². The van der Waals surface area contributed by atoms with Gasteiger partial charge in [-0.2, -0.15) is 5.10 Å². The van der Waals surface area contributed by atoms with Crippen LogP contribution in [-0.4, -0.2) is 56.5 Å². The first-order valence-corrected chi connectivity index (χ1v) is 12.8. The van der Waals surface area contributed by atoms with E-state index in [9.17, 15) is 14.7 Å². The number of hydrogen-bond acceptors (Lipinski definition) is 9. The van der Waals surface area contributed by atoms with Gasteiger partial charge in [0.15, 0.2) is 17.7 Å². The number of rotatable bonds is 13. The molecule has 0 radical (unpaired) electrons. The summed E-state index contributed by atoms with van der Waals surface area (Å²) in [6, 6.07) is 9.28. The molecule has 0 saturated heterocycles. The number of hydrogen-bond donors (Lipinski definition) is 4. The molecule has 0 bridgehead atoms. The molecule has 0 aliphatic carbocycles. The van der Waals surface area contributed by atoms with Crippen molar-refractivity contribution in [1.29, 1.82) is 0 Å². The second-order valence-corrected chi connectivity index (χ2v) is 9.11. The van der Waals surface area contributed by atoms with Crippen molar-refractivity contribution in [2.75, 3.05) is 26.9 Å². The van der Waals surface area contributed by atoms with Crippen molar-refractivity contribution < 1.29 is 33.6 Å². The molecule has 1 aliphatic rings. The summed E-state index contributed by atoms with van der Waals surface area (Å²) in [5.41, 5.74) is 4.56. The molecule has 3 rings (SSSR count). The van der Waals surface area contributed by atoms with E-state index in [2.05, 4.69) is 43.7 Å². The second kappa shape index (κ2) is 14.2. The normalized spacial score (nSPS) is 15.7. The highest BCUT2D eigenvalue weighted by Crippen LogP contribution is 2.35. The Kier molecular flexibility index (Phi) is 10.8. The number of esters is 1. The zero-order valence-corrected chi connectivity index (χ0v) is 23.4. The second-order valence-electron chi connectivity index (χ2n) is 8.20. The number of benzene rings is 2. The first-order chi connectivity index (χ1) is 18.8. The van der Waals surface area contributed by atoms with E-state index in [1.165, 1.54) is 13.3 Å². The molecule has 208 valence electrons. The molecular formula is C27H31BrN4O7. The lowest BCUT2D eigenvalue weighted by atomic mass is 9.95. The number of methoxy groups -OCH3 is 1. The van der Waals surface area contributed by atoms with Crippen LogP contribution in [0.4, 0.5) is 4.79 Å². The van der Waals surface area contributed by atoms with Gasteiger partial charge in [-0.1, -0.05) is 34.7 Å². The molecule has 4 N–H and O–H groups in total. The minimum absolute atomic E-state index is 0.147. The van der Waals surface area contributed by atoms with Crippen LogP contribution in [0.15, 0.2) is 69.9 Å². The fourth-order valence-corrected chi connectivity index (χ4v) is 4.09. The van der Waals surface area contributed by atoms with E-state index in [0.717, 1.165) is 4.47 Å². The molecule has 0 saturated carbocycles. The molecule has 39 heavy (non-hydrogen) atoms. The number of allylic oxidation sites excluding steroid dienone is 1. The molecule has 1 aliphatic heterocycles. The van der Waals surface area contributed by atoms with Crippen LogP contribution in [0.2, 0.25) is 0 Å². The summed E-state index contributed by atoms with van der Waals surface area (Å²) >= 11 is 3.42. The van der Waals surface area contributed by atoms with Gasteiger partial charge < -0.3 is 34.7 Å². The lowest BCUT2D eigenvalue weighted by molar-refractivity contribution is -0.136. The lowest BCUT2D eigenvalue weighted by Gasteiger charge is -2.28. The Morgan fingerprint density at radius 2 is 1.97 bits per heavy atom. The van der Waals surface area contributed by atoms with E-state index in [1.54, 1.807) is 37.3 Å². The molecule has 12 heteroatoms. The van der Waals surface area contributed by atoms with Crippen molar-refractivity contribution in [2.45, 2.75) is 26.1 Å². The van der Waals surface area contributed by atoms with Crippen LogP contribution in [0.3, 0.4) is 0 Å². The molecule has 2 aromatic rings. The molecule has 0 fully saturated rings. The maximum atomic E-state index is 12.4. The number of aliphatic hydroxyl groups is 1. The highest BCUT2D eigenvalue weighted by Gasteiger charge is 2.32. The summed E-state index contributed by atoms with van der Waals surface area (Å²) in [4.78, 5) is 24.5. The summed E-state index contributed by atoms with van der Waals surface area (Å²) < 4.78 is 22.9. The zero-order chi connectivity index (χ0) is 28.4. The van der Waals surface area contributed by atoms with Gasteiger partial charge in [0.2, 0.25) is 0 Å². The topological polar surface area (TPSA) is 140 Å². The van der Waals surface area contributed by atoms with E-state index >= 15 is 0 Å². The first-order valence-electron chi connectivity index (χ1n) is 12.0. The van der Waals surface area contributed by atoms with E-state index in [1.807, 2.05) is 19.1 Å². The lowest BCUT2D eigenvalue weighted by Crippen LogP contribution is -2.45.